The minimum Gasteiger partial charge on any atom is -0.396 e. The Kier molecular flexibility index (Phi) is 3.60. The van der Waals surface area contributed by atoms with Gasteiger partial charge in [-0.25, -0.2) is 4.39 Å². The van der Waals surface area contributed by atoms with Gasteiger partial charge in [0.2, 0.25) is 0 Å². The van der Waals surface area contributed by atoms with E-state index in [1.54, 1.807) is 24.3 Å². The molecule has 3 rings (SSSR count). The van der Waals surface area contributed by atoms with E-state index in [9.17, 15) is 4.39 Å². The highest BCUT2D eigenvalue weighted by molar-refractivity contribution is 9.10. The van der Waals surface area contributed by atoms with Gasteiger partial charge in [-0.15, -0.1) is 5.10 Å². The van der Waals surface area contributed by atoms with Crippen LogP contribution in [0, 0.1) is 5.82 Å². The van der Waals surface area contributed by atoms with E-state index in [1.807, 2.05) is 0 Å². The summed E-state index contributed by atoms with van der Waals surface area (Å²) in [5.74, 6) is -0.135. The molecule has 106 valence electrons. The first-order valence-corrected chi connectivity index (χ1v) is 7.02. The van der Waals surface area contributed by atoms with Crippen LogP contribution in [0.1, 0.15) is 0 Å². The van der Waals surface area contributed by atoms with Gasteiger partial charge in [-0.2, -0.15) is 4.68 Å². The molecule has 0 radical (unpaired) electrons. The Hall–Kier alpha value is -1.99. The van der Waals surface area contributed by atoms with E-state index in [4.69, 9.17) is 17.3 Å². The van der Waals surface area contributed by atoms with Gasteiger partial charge >= 0.3 is 0 Å². The molecule has 0 unspecified atom stereocenters. The van der Waals surface area contributed by atoms with Crippen LogP contribution in [-0.4, -0.2) is 20.2 Å². The number of nitrogens with zero attached hydrogens (tertiary/aromatic N) is 4. The first-order chi connectivity index (χ1) is 10.1. The Bertz CT molecular complexity index is 820. The molecule has 0 atom stereocenters. The van der Waals surface area contributed by atoms with Crippen molar-refractivity contribution in [2.45, 2.75) is 0 Å². The number of hydrogen-bond acceptors (Lipinski definition) is 4. The summed E-state index contributed by atoms with van der Waals surface area (Å²) in [6.07, 6.45) is 0. The summed E-state index contributed by atoms with van der Waals surface area (Å²) < 4.78 is 15.8. The van der Waals surface area contributed by atoms with Crippen molar-refractivity contribution in [3.63, 3.8) is 0 Å². The number of aromatic nitrogens is 4. The van der Waals surface area contributed by atoms with E-state index in [2.05, 4.69) is 31.5 Å². The molecule has 1 heterocycles. The molecule has 2 aromatic carbocycles. The summed E-state index contributed by atoms with van der Waals surface area (Å²) in [6.45, 7) is 0. The Morgan fingerprint density at radius 2 is 2.00 bits per heavy atom. The fourth-order valence-corrected chi connectivity index (χ4v) is 2.42. The zero-order chi connectivity index (χ0) is 15.0. The molecule has 0 saturated heterocycles. The molecular formula is C13H8BrClFN5. The summed E-state index contributed by atoms with van der Waals surface area (Å²) in [7, 11) is 0. The van der Waals surface area contributed by atoms with Crippen molar-refractivity contribution in [3.8, 4) is 17.1 Å². The second kappa shape index (κ2) is 5.42. The molecule has 0 amide bonds. The zero-order valence-corrected chi connectivity index (χ0v) is 12.8. The lowest BCUT2D eigenvalue weighted by molar-refractivity contribution is 0.632. The van der Waals surface area contributed by atoms with Gasteiger partial charge in [0.1, 0.15) is 5.82 Å². The number of nitrogens with two attached hydrogens (primary N) is 1. The van der Waals surface area contributed by atoms with Gasteiger partial charge in [-0.1, -0.05) is 11.6 Å². The van der Waals surface area contributed by atoms with E-state index >= 15 is 0 Å². The number of hydrogen-bond donors (Lipinski definition) is 1. The lowest BCUT2D eigenvalue weighted by Gasteiger charge is -2.08. The van der Waals surface area contributed by atoms with Gasteiger partial charge < -0.3 is 5.73 Å². The Balaban J connectivity index is 2.17. The van der Waals surface area contributed by atoms with Gasteiger partial charge in [0, 0.05) is 15.1 Å². The first-order valence-electron chi connectivity index (χ1n) is 5.85. The van der Waals surface area contributed by atoms with Crippen LogP contribution in [0.4, 0.5) is 10.1 Å². The van der Waals surface area contributed by atoms with Gasteiger partial charge in [-0.05, 0) is 62.8 Å². The monoisotopic (exact) mass is 367 g/mol. The van der Waals surface area contributed by atoms with Crippen molar-refractivity contribution in [1.82, 2.24) is 20.2 Å². The number of benzene rings is 2. The van der Waals surface area contributed by atoms with E-state index < -0.39 is 5.82 Å². The highest BCUT2D eigenvalue weighted by Crippen LogP contribution is 2.28. The van der Waals surface area contributed by atoms with Crippen LogP contribution in [0.2, 0.25) is 5.02 Å². The molecule has 0 fully saturated rings. The average molecular weight is 369 g/mol. The quantitative estimate of drug-likeness (QED) is 0.703. The normalized spacial score (nSPS) is 10.8. The number of halogens is 3. The number of anilines is 1. The van der Waals surface area contributed by atoms with Crippen LogP contribution in [0.5, 0.6) is 0 Å². The summed E-state index contributed by atoms with van der Waals surface area (Å²) in [5, 5.41) is 12.0. The second-order valence-electron chi connectivity index (χ2n) is 4.25. The van der Waals surface area contributed by atoms with Gasteiger partial charge in [0.15, 0.2) is 5.82 Å². The average Bonchev–Trinajstić information content (AvgIpc) is 2.93. The fourth-order valence-electron chi connectivity index (χ4n) is 1.84. The molecule has 2 N–H and O–H groups in total. The maximum atomic E-state index is 13.6. The standard InChI is InChI=1S/C13H8BrClFN5/c14-9-3-2-8(15)6-12(9)21-13(18-19-20-21)7-1-4-11(17)10(16)5-7/h1-6H,17H2. The lowest BCUT2D eigenvalue weighted by atomic mass is 10.2. The molecule has 0 aliphatic heterocycles. The SMILES string of the molecule is Nc1ccc(-c2nnnn2-c2cc(Cl)ccc2Br)cc1F. The highest BCUT2D eigenvalue weighted by Gasteiger charge is 2.14. The fraction of sp³-hybridized carbons (Fsp3) is 0. The Morgan fingerprint density at radius 1 is 1.19 bits per heavy atom. The maximum absolute atomic E-state index is 13.6. The van der Waals surface area contributed by atoms with Crippen LogP contribution in [-0.2, 0) is 0 Å². The molecule has 3 aromatic rings. The smallest absolute Gasteiger partial charge is 0.187 e. The van der Waals surface area contributed by atoms with Gasteiger partial charge in [0.05, 0.1) is 11.4 Å². The Labute approximate surface area is 132 Å². The minimum atomic E-state index is -0.521. The maximum Gasteiger partial charge on any atom is 0.187 e. The third kappa shape index (κ3) is 2.62. The topological polar surface area (TPSA) is 69.6 Å². The zero-order valence-electron chi connectivity index (χ0n) is 10.5. The van der Waals surface area contributed by atoms with Crippen LogP contribution in [0.25, 0.3) is 17.1 Å². The summed E-state index contributed by atoms with van der Waals surface area (Å²) in [6, 6.07) is 9.64. The first kappa shape index (κ1) is 14.0. The summed E-state index contributed by atoms with van der Waals surface area (Å²) >= 11 is 9.41. The largest absolute Gasteiger partial charge is 0.396 e. The molecule has 0 bridgehead atoms. The van der Waals surface area contributed by atoms with E-state index in [1.165, 1.54) is 16.8 Å². The number of rotatable bonds is 2. The van der Waals surface area contributed by atoms with Crippen LogP contribution >= 0.6 is 27.5 Å². The Morgan fingerprint density at radius 3 is 2.76 bits per heavy atom. The van der Waals surface area contributed by atoms with E-state index in [-0.39, 0.29) is 5.69 Å². The van der Waals surface area contributed by atoms with Crippen LogP contribution in [0.3, 0.4) is 0 Å². The van der Waals surface area contributed by atoms with Crippen molar-refractivity contribution in [2.75, 3.05) is 5.73 Å². The van der Waals surface area contributed by atoms with Gasteiger partial charge in [0.25, 0.3) is 0 Å². The van der Waals surface area contributed by atoms with Crippen molar-refractivity contribution in [2.24, 2.45) is 0 Å². The predicted octanol–water partition coefficient (Wildman–Crippen LogP) is 3.47. The van der Waals surface area contributed by atoms with Crippen LogP contribution < -0.4 is 5.73 Å². The predicted molar refractivity (Wildman–Crippen MR) is 81.7 cm³/mol. The second-order valence-corrected chi connectivity index (χ2v) is 5.54. The molecule has 21 heavy (non-hydrogen) atoms. The molecule has 1 aromatic heterocycles. The summed E-state index contributed by atoms with van der Waals surface area (Å²) in [5.41, 5.74) is 6.71. The van der Waals surface area contributed by atoms with Crippen molar-refractivity contribution in [3.05, 3.63) is 51.7 Å². The lowest BCUT2D eigenvalue weighted by Crippen LogP contribution is -2.01. The molecule has 0 spiro atoms. The highest BCUT2D eigenvalue weighted by atomic mass is 79.9. The molecule has 0 aliphatic rings. The third-order valence-electron chi connectivity index (χ3n) is 2.86. The van der Waals surface area contributed by atoms with E-state index in [0.29, 0.717) is 22.1 Å². The molecule has 0 aliphatic carbocycles. The van der Waals surface area contributed by atoms with Crippen molar-refractivity contribution >= 4 is 33.2 Å². The number of nitrogen functional groups attached to an aromatic ring is 1. The molecule has 5 nitrogen and oxygen atoms in total. The molecule has 8 heteroatoms. The minimum absolute atomic E-state index is 0.0710. The van der Waals surface area contributed by atoms with Crippen molar-refractivity contribution in [1.29, 1.82) is 0 Å². The molecule has 0 saturated carbocycles. The summed E-state index contributed by atoms with van der Waals surface area (Å²) in [4.78, 5) is 0. The van der Waals surface area contributed by atoms with Crippen LogP contribution in [0.15, 0.2) is 40.9 Å². The molecular weight excluding hydrogens is 361 g/mol. The van der Waals surface area contributed by atoms with Gasteiger partial charge in [-0.3, -0.25) is 0 Å². The third-order valence-corrected chi connectivity index (χ3v) is 3.77. The van der Waals surface area contributed by atoms with E-state index in [0.717, 1.165) is 4.47 Å². The number of tetrazole rings is 1. The van der Waals surface area contributed by atoms with Crippen molar-refractivity contribution < 1.29 is 4.39 Å².